The highest BCUT2D eigenvalue weighted by Gasteiger charge is 2.35. The lowest BCUT2D eigenvalue weighted by Crippen LogP contribution is -2.53. The first-order valence-corrected chi connectivity index (χ1v) is 9.75. The Labute approximate surface area is 161 Å². The predicted molar refractivity (Wildman–Crippen MR) is 104 cm³/mol. The van der Waals surface area contributed by atoms with Gasteiger partial charge in [-0.25, -0.2) is 0 Å². The Morgan fingerprint density at radius 2 is 1.93 bits per heavy atom. The molecule has 7 heteroatoms. The van der Waals surface area contributed by atoms with Crippen LogP contribution in [-0.2, 0) is 14.3 Å². The van der Waals surface area contributed by atoms with Crippen LogP contribution in [0.25, 0.3) is 6.08 Å². The molecule has 6 nitrogen and oxygen atoms in total. The molecule has 2 aliphatic heterocycles. The highest BCUT2D eigenvalue weighted by molar-refractivity contribution is 7.10. The van der Waals surface area contributed by atoms with Crippen molar-refractivity contribution in [2.24, 2.45) is 0 Å². The number of morpholine rings is 1. The SMILES string of the molecule is O=C(C1CN(C(=O)/C=C/c2cccs2)c2ccccc2O1)N1CCOCC1. The third kappa shape index (κ3) is 3.89. The van der Waals surface area contributed by atoms with Crippen molar-refractivity contribution in [3.05, 3.63) is 52.7 Å². The van der Waals surface area contributed by atoms with E-state index < -0.39 is 6.10 Å². The molecule has 1 saturated heterocycles. The number of nitrogens with zero attached hydrogens (tertiary/aromatic N) is 2. The molecule has 2 aromatic rings. The van der Waals surface area contributed by atoms with Crippen LogP contribution < -0.4 is 9.64 Å². The zero-order valence-corrected chi connectivity index (χ0v) is 15.6. The van der Waals surface area contributed by atoms with E-state index in [0.717, 1.165) is 4.88 Å². The minimum atomic E-state index is -0.711. The van der Waals surface area contributed by atoms with Gasteiger partial charge in [0.1, 0.15) is 5.75 Å². The zero-order valence-electron chi connectivity index (χ0n) is 14.7. The number of benzene rings is 1. The number of ether oxygens (including phenoxy) is 2. The highest BCUT2D eigenvalue weighted by atomic mass is 32.1. The van der Waals surface area contributed by atoms with E-state index in [-0.39, 0.29) is 18.4 Å². The first-order valence-electron chi connectivity index (χ1n) is 8.88. The molecule has 1 unspecified atom stereocenters. The van der Waals surface area contributed by atoms with Crippen molar-refractivity contribution >= 4 is 34.9 Å². The molecule has 1 fully saturated rings. The Morgan fingerprint density at radius 1 is 1.11 bits per heavy atom. The quantitative estimate of drug-likeness (QED) is 0.763. The van der Waals surface area contributed by atoms with Gasteiger partial charge < -0.3 is 19.3 Å². The molecule has 140 valence electrons. The van der Waals surface area contributed by atoms with Crippen LogP contribution >= 0.6 is 11.3 Å². The fourth-order valence-corrected chi connectivity index (χ4v) is 3.81. The van der Waals surface area contributed by atoms with Gasteiger partial charge in [-0.05, 0) is 29.7 Å². The summed E-state index contributed by atoms with van der Waals surface area (Å²) in [5.74, 6) is 0.278. The summed E-state index contributed by atoms with van der Waals surface area (Å²) in [7, 11) is 0. The van der Waals surface area contributed by atoms with Crippen LogP contribution in [0.4, 0.5) is 5.69 Å². The average molecular weight is 384 g/mol. The molecule has 1 atom stereocenters. The second kappa shape index (κ2) is 7.94. The molecule has 3 heterocycles. The van der Waals surface area contributed by atoms with Crippen molar-refractivity contribution in [2.75, 3.05) is 37.7 Å². The number of para-hydroxylation sites is 2. The predicted octanol–water partition coefficient (Wildman–Crippen LogP) is 2.41. The molecule has 2 aliphatic rings. The number of carbonyl (C=O) groups excluding carboxylic acids is 2. The normalized spacial score (nSPS) is 19.6. The summed E-state index contributed by atoms with van der Waals surface area (Å²) in [6.07, 6.45) is 2.63. The van der Waals surface area contributed by atoms with E-state index in [1.165, 1.54) is 0 Å². The molecule has 0 saturated carbocycles. The topological polar surface area (TPSA) is 59.1 Å². The number of rotatable bonds is 3. The van der Waals surface area contributed by atoms with Crippen LogP contribution in [0.2, 0.25) is 0 Å². The summed E-state index contributed by atoms with van der Waals surface area (Å²) in [6, 6.07) is 11.2. The zero-order chi connectivity index (χ0) is 18.6. The second-order valence-electron chi connectivity index (χ2n) is 6.31. The van der Waals surface area contributed by atoms with E-state index in [1.807, 2.05) is 35.7 Å². The summed E-state index contributed by atoms with van der Waals surface area (Å²) in [6.45, 7) is 2.35. The van der Waals surface area contributed by atoms with Gasteiger partial charge in [-0.15, -0.1) is 11.3 Å². The van der Waals surface area contributed by atoms with Crippen LogP contribution in [0.15, 0.2) is 47.9 Å². The first-order chi connectivity index (χ1) is 13.2. The number of thiophene rings is 1. The van der Waals surface area contributed by atoms with Crippen molar-refractivity contribution in [3.63, 3.8) is 0 Å². The van der Waals surface area contributed by atoms with Gasteiger partial charge in [-0.3, -0.25) is 9.59 Å². The molecule has 4 rings (SSSR count). The Bertz CT molecular complexity index is 843. The molecule has 1 aromatic carbocycles. The van der Waals surface area contributed by atoms with Crippen molar-refractivity contribution in [2.45, 2.75) is 6.10 Å². The highest BCUT2D eigenvalue weighted by Crippen LogP contribution is 2.34. The maximum atomic E-state index is 12.9. The van der Waals surface area contributed by atoms with Crippen molar-refractivity contribution in [1.29, 1.82) is 0 Å². The van der Waals surface area contributed by atoms with Crippen LogP contribution in [0.1, 0.15) is 4.88 Å². The van der Waals surface area contributed by atoms with Gasteiger partial charge in [0.05, 0.1) is 25.4 Å². The lowest BCUT2D eigenvalue weighted by Gasteiger charge is -2.37. The number of hydrogen-bond acceptors (Lipinski definition) is 5. The monoisotopic (exact) mass is 384 g/mol. The van der Waals surface area contributed by atoms with Crippen LogP contribution in [0.5, 0.6) is 5.75 Å². The largest absolute Gasteiger partial charge is 0.476 e. The minimum Gasteiger partial charge on any atom is -0.476 e. The molecule has 0 aliphatic carbocycles. The van der Waals surface area contributed by atoms with E-state index in [1.54, 1.807) is 39.4 Å². The van der Waals surface area contributed by atoms with Gasteiger partial charge in [0.25, 0.3) is 11.8 Å². The molecule has 27 heavy (non-hydrogen) atoms. The number of amides is 2. The van der Waals surface area contributed by atoms with Crippen LogP contribution in [0, 0.1) is 0 Å². The van der Waals surface area contributed by atoms with Gasteiger partial charge in [-0.1, -0.05) is 18.2 Å². The number of fused-ring (bicyclic) bond motifs is 1. The van der Waals surface area contributed by atoms with Gasteiger partial charge in [-0.2, -0.15) is 0 Å². The minimum absolute atomic E-state index is 0.104. The van der Waals surface area contributed by atoms with Crippen molar-refractivity contribution in [3.8, 4) is 5.75 Å². The molecule has 0 radical (unpaired) electrons. The fourth-order valence-electron chi connectivity index (χ4n) is 3.19. The Balaban J connectivity index is 1.56. The van der Waals surface area contributed by atoms with Crippen molar-refractivity contribution < 1.29 is 19.1 Å². The molecular weight excluding hydrogens is 364 g/mol. The Hall–Kier alpha value is -2.64. The maximum Gasteiger partial charge on any atom is 0.265 e. The molecule has 2 amide bonds. The third-order valence-corrected chi connectivity index (χ3v) is 5.41. The maximum absolute atomic E-state index is 12.9. The second-order valence-corrected chi connectivity index (χ2v) is 7.29. The molecule has 0 N–H and O–H groups in total. The van der Waals surface area contributed by atoms with E-state index in [4.69, 9.17) is 9.47 Å². The molecule has 1 aromatic heterocycles. The fraction of sp³-hybridized carbons (Fsp3) is 0.300. The van der Waals surface area contributed by atoms with E-state index in [2.05, 4.69) is 0 Å². The van der Waals surface area contributed by atoms with E-state index >= 15 is 0 Å². The average Bonchev–Trinajstić information content (AvgIpc) is 3.25. The van der Waals surface area contributed by atoms with E-state index in [0.29, 0.717) is 37.7 Å². The van der Waals surface area contributed by atoms with Crippen LogP contribution in [-0.4, -0.2) is 55.7 Å². The molecule has 0 bridgehead atoms. The number of hydrogen-bond donors (Lipinski definition) is 0. The number of carbonyl (C=O) groups is 2. The van der Waals surface area contributed by atoms with E-state index in [9.17, 15) is 9.59 Å². The smallest absolute Gasteiger partial charge is 0.265 e. The van der Waals surface area contributed by atoms with Crippen LogP contribution in [0.3, 0.4) is 0 Å². The summed E-state index contributed by atoms with van der Waals surface area (Å²) in [4.78, 5) is 30.1. The first kappa shape index (κ1) is 17.8. The van der Waals surface area contributed by atoms with Crippen molar-refractivity contribution in [1.82, 2.24) is 4.90 Å². The lowest BCUT2D eigenvalue weighted by molar-refractivity contribution is -0.142. The summed E-state index contributed by atoms with van der Waals surface area (Å²) in [5.41, 5.74) is 0.685. The van der Waals surface area contributed by atoms with Gasteiger partial charge in [0.15, 0.2) is 6.10 Å². The third-order valence-electron chi connectivity index (χ3n) is 4.57. The summed E-state index contributed by atoms with van der Waals surface area (Å²) >= 11 is 1.57. The molecular formula is C20H20N2O4S. The van der Waals surface area contributed by atoms with Gasteiger partial charge >= 0.3 is 0 Å². The Morgan fingerprint density at radius 3 is 2.70 bits per heavy atom. The van der Waals surface area contributed by atoms with Gasteiger partial charge in [0.2, 0.25) is 0 Å². The summed E-state index contributed by atoms with van der Waals surface area (Å²) < 4.78 is 11.2. The van der Waals surface area contributed by atoms with Gasteiger partial charge in [0, 0.05) is 24.0 Å². The molecule has 0 spiro atoms. The Kier molecular flexibility index (Phi) is 5.22. The number of anilines is 1. The lowest BCUT2D eigenvalue weighted by atomic mass is 10.1. The summed E-state index contributed by atoms with van der Waals surface area (Å²) in [5, 5.41) is 1.96. The standard InChI is InChI=1S/C20H20N2O4S/c23-19(8-7-15-4-3-13-27-15)22-14-18(20(24)21-9-11-25-12-10-21)26-17-6-2-1-5-16(17)22/h1-8,13,18H,9-12,14H2/b8-7+.